The maximum atomic E-state index is 11.9. The van der Waals surface area contributed by atoms with E-state index >= 15 is 0 Å². The van der Waals surface area contributed by atoms with Gasteiger partial charge in [-0.25, -0.2) is 9.78 Å². The summed E-state index contributed by atoms with van der Waals surface area (Å²) in [5, 5.41) is 0. The summed E-state index contributed by atoms with van der Waals surface area (Å²) >= 11 is 0. The number of fused-ring (bicyclic) bond motifs is 1. The molecule has 0 spiro atoms. The Morgan fingerprint density at radius 1 is 1.23 bits per heavy atom. The molecule has 0 aliphatic heterocycles. The molecule has 1 aromatic carbocycles. The maximum absolute atomic E-state index is 11.9. The van der Waals surface area contributed by atoms with Crippen LogP contribution >= 0.6 is 0 Å². The lowest BCUT2D eigenvalue weighted by Crippen LogP contribution is -2.29. The van der Waals surface area contributed by atoms with Gasteiger partial charge in [-0.05, 0) is 26.1 Å². The van der Waals surface area contributed by atoms with Crippen LogP contribution in [0.25, 0.3) is 11.1 Å². The number of para-hydroxylation sites is 2. The number of oxazole rings is 1. The van der Waals surface area contributed by atoms with Crippen LogP contribution in [0.1, 0.15) is 5.82 Å². The predicted molar refractivity (Wildman–Crippen MR) is 84.9 cm³/mol. The van der Waals surface area contributed by atoms with Crippen molar-refractivity contribution in [2.75, 3.05) is 20.1 Å². The first-order valence-corrected chi connectivity index (χ1v) is 7.40. The molecule has 0 fully saturated rings. The smallest absolute Gasteiger partial charge is 0.408 e. The lowest BCUT2D eigenvalue weighted by Gasteiger charge is -2.17. The zero-order valence-electron chi connectivity index (χ0n) is 12.9. The molecule has 0 bridgehead atoms. The molecular formula is C16H20N4O2. The van der Waals surface area contributed by atoms with Crippen molar-refractivity contribution in [3.05, 3.63) is 53.0 Å². The Kier molecular flexibility index (Phi) is 4.11. The number of likely N-dealkylation sites (N-methyl/N-ethyl adjacent to an activating group) is 1. The second-order valence-corrected chi connectivity index (χ2v) is 5.46. The molecule has 2 heterocycles. The average Bonchev–Trinajstić information content (AvgIpc) is 3.05. The van der Waals surface area contributed by atoms with Crippen molar-refractivity contribution in [1.82, 2.24) is 19.0 Å². The highest BCUT2D eigenvalue weighted by Gasteiger charge is 2.09. The predicted octanol–water partition coefficient (Wildman–Crippen LogP) is 1.73. The van der Waals surface area contributed by atoms with E-state index in [0.717, 1.165) is 31.0 Å². The molecule has 6 heteroatoms. The first-order chi connectivity index (χ1) is 10.6. The quantitative estimate of drug-likeness (QED) is 0.696. The van der Waals surface area contributed by atoms with E-state index in [1.165, 1.54) is 0 Å². The monoisotopic (exact) mass is 300 g/mol. The van der Waals surface area contributed by atoms with Gasteiger partial charge >= 0.3 is 5.76 Å². The number of benzene rings is 1. The van der Waals surface area contributed by atoms with Crippen LogP contribution in [0.4, 0.5) is 0 Å². The Bertz CT molecular complexity index is 815. The third-order valence-corrected chi connectivity index (χ3v) is 3.93. The van der Waals surface area contributed by atoms with Crippen molar-refractivity contribution in [3.8, 4) is 0 Å². The van der Waals surface area contributed by atoms with Crippen molar-refractivity contribution in [2.45, 2.75) is 20.0 Å². The van der Waals surface area contributed by atoms with Gasteiger partial charge in [0.05, 0.1) is 5.52 Å². The van der Waals surface area contributed by atoms with Crippen LogP contribution in [0.15, 0.2) is 45.9 Å². The molecule has 0 aliphatic carbocycles. The normalized spacial score (nSPS) is 11.6. The summed E-state index contributed by atoms with van der Waals surface area (Å²) in [7, 11) is 2.06. The maximum Gasteiger partial charge on any atom is 0.419 e. The number of aromatic nitrogens is 3. The van der Waals surface area contributed by atoms with Crippen molar-refractivity contribution < 1.29 is 4.42 Å². The highest BCUT2D eigenvalue weighted by atomic mass is 16.4. The van der Waals surface area contributed by atoms with Gasteiger partial charge in [0, 0.05) is 38.6 Å². The second-order valence-electron chi connectivity index (χ2n) is 5.46. The van der Waals surface area contributed by atoms with Crippen molar-refractivity contribution in [3.63, 3.8) is 0 Å². The van der Waals surface area contributed by atoms with Gasteiger partial charge in [-0.1, -0.05) is 12.1 Å². The van der Waals surface area contributed by atoms with Gasteiger partial charge in [-0.3, -0.25) is 4.57 Å². The van der Waals surface area contributed by atoms with E-state index in [1.54, 1.807) is 4.57 Å². The summed E-state index contributed by atoms with van der Waals surface area (Å²) in [5.74, 6) is 0.727. The lowest BCUT2D eigenvalue weighted by atomic mass is 10.3. The third-order valence-electron chi connectivity index (χ3n) is 3.93. The molecule has 22 heavy (non-hydrogen) atoms. The minimum Gasteiger partial charge on any atom is -0.408 e. The van der Waals surface area contributed by atoms with E-state index in [-0.39, 0.29) is 5.76 Å². The zero-order chi connectivity index (χ0) is 15.5. The molecule has 0 N–H and O–H groups in total. The Morgan fingerprint density at radius 2 is 2.00 bits per heavy atom. The molecule has 6 nitrogen and oxygen atoms in total. The summed E-state index contributed by atoms with van der Waals surface area (Å²) in [4.78, 5) is 18.3. The summed E-state index contributed by atoms with van der Waals surface area (Å²) < 4.78 is 9.05. The largest absolute Gasteiger partial charge is 0.419 e. The summed E-state index contributed by atoms with van der Waals surface area (Å²) in [6, 6.07) is 7.52. The minimum absolute atomic E-state index is 0.292. The van der Waals surface area contributed by atoms with Gasteiger partial charge in [0.1, 0.15) is 5.82 Å². The number of imidazole rings is 1. The summed E-state index contributed by atoms with van der Waals surface area (Å²) in [6.07, 6.45) is 3.80. The fourth-order valence-corrected chi connectivity index (χ4v) is 2.53. The van der Waals surface area contributed by atoms with Crippen LogP contribution in [0.3, 0.4) is 0 Å². The SMILES string of the molecule is Cc1nccn1CCN(C)CCn1c(=O)oc2ccccc21. The van der Waals surface area contributed by atoms with Gasteiger partial charge in [-0.2, -0.15) is 0 Å². The number of aryl methyl sites for hydroxylation is 1. The topological polar surface area (TPSA) is 56.2 Å². The van der Waals surface area contributed by atoms with E-state index in [2.05, 4.69) is 21.5 Å². The third kappa shape index (κ3) is 2.96. The average molecular weight is 300 g/mol. The van der Waals surface area contributed by atoms with Crippen molar-refractivity contribution >= 4 is 11.1 Å². The van der Waals surface area contributed by atoms with Gasteiger partial charge < -0.3 is 13.9 Å². The second kappa shape index (κ2) is 6.19. The van der Waals surface area contributed by atoms with Crippen molar-refractivity contribution in [1.29, 1.82) is 0 Å². The van der Waals surface area contributed by atoms with Gasteiger partial charge in [-0.15, -0.1) is 0 Å². The molecule has 116 valence electrons. The van der Waals surface area contributed by atoms with E-state index < -0.39 is 0 Å². The van der Waals surface area contributed by atoms with E-state index in [0.29, 0.717) is 12.1 Å². The number of hydrogen-bond acceptors (Lipinski definition) is 4. The zero-order valence-corrected chi connectivity index (χ0v) is 12.9. The van der Waals surface area contributed by atoms with E-state index in [1.807, 2.05) is 43.6 Å². The molecule has 2 aromatic heterocycles. The van der Waals surface area contributed by atoms with Gasteiger partial charge in [0.25, 0.3) is 0 Å². The molecule has 0 saturated heterocycles. The first kappa shape index (κ1) is 14.6. The molecule has 3 aromatic rings. The Morgan fingerprint density at radius 3 is 2.77 bits per heavy atom. The fraction of sp³-hybridized carbons (Fsp3) is 0.375. The molecule has 0 atom stereocenters. The molecule has 0 radical (unpaired) electrons. The fourth-order valence-electron chi connectivity index (χ4n) is 2.53. The number of hydrogen-bond donors (Lipinski definition) is 0. The number of rotatable bonds is 6. The molecule has 0 amide bonds. The minimum atomic E-state index is -0.292. The van der Waals surface area contributed by atoms with Crippen LogP contribution in [0.2, 0.25) is 0 Å². The standard InChI is InChI=1S/C16H20N4O2/c1-13-17-7-8-19(13)11-9-18(2)10-12-20-14-5-3-4-6-15(14)22-16(20)21/h3-8H,9-12H2,1-2H3. The molecular weight excluding hydrogens is 280 g/mol. The van der Waals surface area contributed by atoms with E-state index in [4.69, 9.17) is 4.42 Å². The van der Waals surface area contributed by atoms with Gasteiger partial charge in [0.2, 0.25) is 0 Å². The van der Waals surface area contributed by atoms with Crippen molar-refractivity contribution in [2.24, 2.45) is 0 Å². The summed E-state index contributed by atoms with van der Waals surface area (Å²) in [6.45, 7) is 5.20. The van der Waals surface area contributed by atoms with Crippen LogP contribution in [0, 0.1) is 6.92 Å². The van der Waals surface area contributed by atoms with Crippen LogP contribution in [-0.4, -0.2) is 39.2 Å². The van der Waals surface area contributed by atoms with Crippen LogP contribution in [-0.2, 0) is 13.1 Å². The lowest BCUT2D eigenvalue weighted by molar-refractivity contribution is 0.301. The molecule has 3 rings (SSSR count). The molecule has 0 saturated carbocycles. The Labute approximate surface area is 128 Å². The van der Waals surface area contributed by atoms with Crippen LogP contribution in [0.5, 0.6) is 0 Å². The Balaban J connectivity index is 1.60. The summed E-state index contributed by atoms with van der Waals surface area (Å²) in [5.41, 5.74) is 1.50. The Hall–Kier alpha value is -2.34. The highest BCUT2D eigenvalue weighted by Crippen LogP contribution is 2.11. The molecule has 0 unspecified atom stereocenters. The van der Waals surface area contributed by atoms with E-state index in [9.17, 15) is 4.79 Å². The van der Waals surface area contributed by atoms with Crippen LogP contribution < -0.4 is 5.76 Å². The van der Waals surface area contributed by atoms with Gasteiger partial charge in [0.15, 0.2) is 5.58 Å². The molecule has 0 aliphatic rings. The first-order valence-electron chi connectivity index (χ1n) is 7.40. The highest BCUT2D eigenvalue weighted by molar-refractivity contribution is 5.72. The number of nitrogens with zero attached hydrogens (tertiary/aromatic N) is 4.